The van der Waals surface area contributed by atoms with Crippen molar-refractivity contribution in [1.29, 1.82) is 0 Å². The number of rotatable bonds is 6. The number of anilines is 1. The first-order valence-corrected chi connectivity index (χ1v) is 9.99. The van der Waals surface area contributed by atoms with Crippen LogP contribution in [0.1, 0.15) is 62.2 Å². The van der Waals surface area contributed by atoms with Gasteiger partial charge in [0.1, 0.15) is 10.6 Å². The molecule has 0 saturated heterocycles. The van der Waals surface area contributed by atoms with Crippen molar-refractivity contribution in [3.63, 3.8) is 0 Å². The van der Waals surface area contributed by atoms with Crippen LogP contribution < -0.4 is 5.32 Å². The van der Waals surface area contributed by atoms with E-state index in [4.69, 9.17) is 4.74 Å². The van der Waals surface area contributed by atoms with E-state index < -0.39 is 0 Å². The third-order valence-electron chi connectivity index (χ3n) is 4.83. The number of esters is 1. The molecule has 1 aliphatic rings. The highest BCUT2D eigenvalue weighted by Gasteiger charge is 2.22. The van der Waals surface area contributed by atoms with Crippen LogP contribution in [0, 0.1) is 5.92 Å². The summed E-state index contributed by atoms with van der Waals surface area (Å²) < 4.78 is 6.17. The molecule has 3 rings (SSSR count). The summed E-state index contributed by atoms with van der Waals surface area (Å²) in [6.07, 6.45) is 7.83. The number of amides is 1. The van der Waals surface area contributed by atoms with Gasteiger partial charge in [-0.3, -0.25) is 4.79 Å². The van der Waals surface area contributed by atoms with E-state index in [1.807, 2.05) is 24.3 Å². The summed E-state index contributed by atoms with van der Waals surface area (Å²) in [6, 6.07) is 7.69. The zero-order chi connectivity index (χ0) is 17.6. The van der Waals surface area contributed by atoms with Crippen molar-refractivity contribution >= 4 is 38.3 Å². The van der Waals surface area contributed by atoms with E-state index in [0.29, 0.717) is 29.5 Å². The number of carbonyl (C=O) groups excluding carboxylic acids is 2. The van der Waals surface area contributed by atoms with Crippen molar-refractivity contribution in [1.82, 2.24) is 0 Å². The summed E-state index contributed by atoms with van der Waals surface area (Å²) >= 11 is 1.44. The Morgan fingerprint density at radius 2 is 1.96 bits per heavy atom. The van der Waals surface area contributed by atoms with Gasteiger partial charge in [0.15, 0.2) is 0 Å². The minimum atomic E-state index is -0.373. The van der Waals surface area contributed by atoms with Gasteiger partial charge < -0.3 is 10.1 Å². The number of nitrogens with one attached hydrogen (secondary N) is 1. The van der Waals surface area contributed by atoms with E-state index in [0.717, 1.165) is 16.5 Å². The molecule has 1 saturated carbocycles. The van der Waals surface area contributed by atoms with Gasteiger partial charge in [-0.05, 0) is 25.3 Å². The molecule has 2 aromatic rings. The first kappa shape index (κ1) is 17.9. The number of hydrogen-bond acceptors (Lipinski definition) is 4. The normalized spacial score (nSPS) is 15.2. The summed E-state index contributed by atoms with van der Waals surface area (Å²) in [7, 11) is 0. The lowest BCUT2D eigenvalue weighted by atomic mass is 9.86. The maximum Gasteiger partial charge on any atom is 0.341 e. The molecule has 1 aromatic carbocycles. The Hall–Kier alpha value is -1.88. The fraction of sp³-hybridized carbons (Fsp3) is 0.500. The largest absolute Gasteiger partial charge is 0.462 e. The Morgan fingerprint density at radius 1 is 1.20 bits per heavy atom. The standard InChI is InChI=1S/C20H25NO3S/c1-2-24-20(23)18-15-10-6-7-11-16(15)25-19(18)21-17(22)13-12-14-8-4-3-5-9-14/h6-7,10-11,14H,2-5,8-9,12-13H2,1H3,(H,21,22). The van der Waals surface area contributed by atoms with Gasteiger partial charge in [0.05, 0.1) is 6.61 Å². The van der Waals surface area contributed by atoms with Gasteiger partial charge >= 0.3 is 5.97 Å². The molecule has 0 aliphatic heterocycles. The lowest BCUT2D eigenvalue weighted by molar-refractivity contribution is -0.116. The van der Waals surface area contributed by atoms with Crippen LogP contribution in [0.5, 0.6) is 0 Å². The Morgan fingerprint density at radius 3 is 2.72 bits per heavy atom. The number of carbonyl (C=O) groups is 2. The predicted molar refractivity (Wildman–Crippen MR) is 102 cm³/mol. The van der Waals surface area contributed by atoms with Crippen LogP contribution >= 0.6 is 11.3 Å². The van der Waals surface area contributed by atoms with Crippen molar-refractivity contribution in [3.05, 3.63) is 29.8 Å². The molecule has 134 valence electrons. The van der Waals surface area contributed by atoms with Gasteiger partial charge in [0.2, 0.25) is 5.91 Å². The first-order chi connectivity index (χ1) is 12.2. The van der Waals surface area contributed by atoms with Crippen LogP contribution in [-0.2, 0) is 9.53 Å². The summed E-state index contributed by atoms with van der Waals surface area (Å²) in [5.74, 6) is 0.289. The number of hydrogen-bond donors (Lipinski definition) is 1. The quantitative estimate of drug-likeness (QED) is 0.705. The van der Waals surface area contributed by atoms with E-state index >= 15 is 0 Å². The summed E-state index contributed by atoms with van der Waals surface area (Å²) in [5.41, 5.74) is 0.480. The Bertz CT molecular complexity index is 746. The monoisotopic (exact) mass is 359 g/mol. The van der Waals surface area contributed by atoms with Gasteiger partial charge in [-0.2, -0.15) is 0 Å². The average Bonchev–Trinajstić information content (AvgIpc) is 2.99. The molecular weight excluding hydrogens is 334 g/mol. The van der Waals surface area contributed by atoms with E-state index in [-0.39, 0.29) is 11.9 Å². The molecule has 0 atom stereocenters. The third kappa shape index (κ3) is 4.40. The van der Waals surface area contributed by atoms with E-state index in [9.17, 15) is 9.59 Å². The van der Waals surface area contributed by atoms with Gasteiger partial charge in [-0.1, -0.05) is 50.3 Å². The van der Waals surface area contributed by atoms with E-state index in [2.05, 4.69) is 5.32 Å². The molecule has 4 nitrogen and oxygen atoms in total. The molecule has 0 unspecified atom stereocenters. The van der Waals surface area contributed by atoms with Crippen LogP contribution in [0.15, 0.2) is 24.3 Å². The summed E-state index contributed by atoms with van der Waals surface area (Å²) in [5, 5.41) is 4.40. The molecule has 25 heavy (non-hydrogen) atoms. The van der Waals surface area contributed by atoms with Gasteiger partial charge in [-0.25, -0.2) is 4.79 Å². The van der Waals surface area contributed by atoms with Crippen LogP contribution in [0.3, 0.4) is 0 Å². The third-order valence-corrected chi connectivity index (χ3v) is 5.92. The topological polar surface area (TPSA) is 55.4 Å². The minimum absolute atomic E-state index is 0.0114. The molecule has 1 amide bonds. The smallest absolute Gasteiger partial charge is 0.341 e. The lowest BCUT2D eigenvalue weighted by Gasteiger charge is -2.20. The summed E-state index contributed by atoms with van der Waals surface area (Å²) in [6.45, 7) is 2.10. The SMILES string of the molecule is CCOC(=O)c1c(NC(=O)CCC2CCCCC2)sc2ccccc12. The average molecular weight is 359 g/mol. The maximum atomic E-state index is 12.4. The summed E-state index contributed by atoms with van der Waals surface area (Å²) in [4.78, 5) is 24.8. The lowest BCUT2D eigenvalue weighted by Crippen LogP contribution is -2.16. The fourth-order valence-corrected chi connectivity index (χ4v) is 4.65. The Labute approximate surface area is 152 Å². The van der Waals surface area contributed by atoms with Crippen molar-refractivity contribution in [2.24, 2.45) is 5.92 Å². The molecule has 1 heterocycles. The molecule has 1 fully saturated rings. The predicted octanol–water partition coefficient (Wildman–Crippen LogP) is 5.38. The van der Waals surface area contributed by atoms with Crippen molar-refractivity contribution in [3.8, 4) is 0 Å². The number of ether oxygens (including phenoxy) is 1. The molecule has 1 aliphatic carbocycles. The van der Waals surface area contributed by atoms with Crippen LogP contribution in [0.2, 0.25) is 0 Å². The fourth-order valence-electron chi connectivity index (χ4n) is 3.54. The maximum absolute atomic E-state index is 12.4. The van der Waals surface area contributed by atoms with E-state index in [1.165, 1.54) is 43.4 Å². The van der Waals surface area contributed by atoms with Crippen LogP contribution in [0.4, 0.5) is 5.00 Å². The number of fused-ring (bicyclic) bond motifs is 1. The molecular formula is C20H25NO3S. The highest BCUT2D eigenvalue weighted by molar-refractivity contribution is 7.23. The minimum Gasteiger partial charge on any atom is -0.462 e. The molecule has 1 aromatic heterocycles. The first-order valence-electron chi connectivity index (χ1n) is 9.17. The highest BCUT2D eigenvalue weighted by atomic mass is 32.1. The highest BCUT2D eigenvalue weighted by Crippen LogP contribution is 2.36. The Balaban J connectivity index is 1.72. The van der Waals surface area contributed by atoms with Crippen LogP contribution in [0.25, 0.3) is 10.1 Å². The van der Waals surface area contributed by atoms with E-state index in [1.54, 1.807) is 6.92 Å². The van der Waals surface area contributed by atoms with Crippen molar-refractivity contribution in [2.45, 2.75) is 51.9 Å². The Kier molecular flexibility index (Phi) is 6.08. The second-order valence-electron chi connectivity index (χ2n) is 6.61. The zero-order valence-corrected chi connectivity index (χ0v) is 15.5. The molecule has 5 heteroatoms. The number of thiophene rings is 1. The molecule has 1 N–H and O–H groups in total. The van der Waals surface area contributed by atoms with Gasteiger partial charge in [0, 0.05) is 16.5 Å². The van der Waals surface area contributed by atoms with Crippen molar-refractivity contribution < 1.29 is 14.3 Å². The van der Waals surface area contributed by atoms with Crippen molar-refractivity contribution in [2.75, 3.05) is 11.9 Å². The molecule has 0 spiro atoms. The number of benzene rings is 1. The van der Waals surface area contributed by atoms with Gasteiger partial charge in [0.25, 0.3) is 0 Å². The molecule has 0 bridgehead atoms. The van der Waals surface area contributed by atoms with Gasteiger partial charge in [-0.15, -0.1) is 11.3 Å². The van der Waals surface area contributed by atoms with Crippen LogP contribution in [-0.4, -0.2) is 18.5 Å². The second kappa shape index (κ2) is 8.48. The second-order valence-corrected chi connectivity index (χ2v) is 7.67. The molecule has 0 radical (unpaired) electrons. The zero-order valence-electron chi connectivity index (χ0n) is 14.7.